The van der Waals surface area contributed by atoms with Crippen LogP contribution in [0.2, 0.25) is 0 Å². The number of ether oxygens (including phenoxy) is 1. The Hall–Kier alpha value is -1.28. The summed E-state index contributed by atoms with van der Waals surface area (Å²) in [6, 6.07) is 8.61. The summed E-state index contributed by atoms with van der Waals surface area (Å²) < 4.78 is 5.93. The molecule has 1 N–H and O–H groups in total. The van der Waals surface area contributed by atoms with Crippen LogP contribution in [0.1, 0.15) is 31.2 Å². The summed E-state index contributed by atoms with van der Waals surface area (Å²) in [4.78, 5) is 3.39. The van der Waals surface area contributed by atoms with Crippen molar-refractivity contribution in [3.8, 4) is 0 Å². The summed E-state index contributed by atoms with van der Waals surface area (Å²) in [6.07, 6.45) is 9.10. The van der Waals surface area contributed by atoms with Crippen LogP contribution in [0, 0.1) is 5.41 Å². The molecule has 2 nitrogen and oxygen atoms in total. The second-order valence-electron chi connectivity index (χ2n) is 5.90. The maximum absolute atomic E-state index is 5.93. The zero-order valence-corrected chi connectivity index (χ0v) is 10.6. The molecule has 2 heterocycles. The summed E-state index contributed by atoms with van der Waals surface area (Å²) in [7, 11) is 0. The molecule has 1 aliphatic heterocycles. The molecular formula is C16H19NO. The zero-order chi connectivity index (χ0) is 12.0. The Bertz CT molecular complexity index is 561. The minimum absolute atomic E-state index is 0.460. The van der Waals surface area contributed by atoms with Crippen molar-refractivity contribution < 1.29 is 4.74 Å². The van der Waals surface area contributed by atoms with Gasteiger partial charge < -0.3 is 9.72 Å². The predicted octanol–water partition coefficient (Wildman–Crippen LogP) is 3.67. The fourth-order valence-electron chi connectivity index (χ4n) is 3.49. The lowest BCUT2D eigenvalue weighted by molar-refractivity contribution is 0.0515. The van der Waals surface area contributed by atoms with E-state index >= 15 is 0 Å². The lowest BCUT2D eigenvalue weighted by Gasteiger charge is -2.21. The van der Waals surface area contributed by atoms with Gasteiger partial charge in [-0.3, -0.25) is 0 Å². The molecule has 1 saturated carbocycles. The molecule has 2 aromatic rings. The third kappa shape index (κ3) is 1.59. The largest absolute Gasteiger partial charge is 0.378 e. The quantitative estimate of drug-likeness (QED) is 0.871. The first kappa shape index (κ1) is 10.6. The number of aromatic nitrogens is 1. The summed E-state index contributed by atoms with van der Waals surface area (Å²) >= 11 is 0. The molecule has 1 aromatic heterocycles. The van der Waals surface area contributed by atoms with Gasteiger partial charge in [-0.15, -0.1) is 0 Å². The lowest BCUT2D eigenvalue weighted by atomic mass is 9.89. The van der Waals surface area contributed by atoms with Crippen molar-refractivity contribution in [1.82, 2.24) is 4.98 Å². The van der Waals surface area contributed by atoms with E-state index < -0.39 is 0 Å². The smallest absolute Gasteiger partial charge is 0.0635 e. The van der Waals surface area contributed by atoms with Gasteiger partial charge in [0.25, 0.3) is 0 Å². The van der Waals surface area contributed by atoms with Crippen molar-refractivity contribution >= 4 is 10.9 Å². The molecule has 1 aromatic carbocycles. The molecule has 1 unspecified atom stereocenters. The van der Waals surface area contributed by atoms with Gasteiger partial charge in [-0.2, -0.15) is 0 Å². The number of aromatic amines is 1. The summed E-state index contributed by atoms with van der Waals surface area (Å²) in [6.45, 7) is 0.973. The third-order valence-electron chi connectivity index (χ3n) is 4.72. The highest BCUT2D eigenvalue weighted by Crippen LogP contribution is 2.55. The van der Waals surface area contributed by atoms with Crippen LogP contribution in [-0.4, -0.2) is 17.7 Å². The fourth-order valence-corrected chi connectivity index (χ4v) is 3.49. The molecule has 2 aliphatic rings. The van der Waals surface area contributed by atoms with Crippen LogP contribution in [0.5, 0.6) is 0 Å². The van der Waals surface area contributed by atoms with Gasteiger partial charge in [0, 0.05) is 29.1 Å². The summed E-state index contributed by atoms with van der Waals surface area (Å²) in [5.74, 6) is 0. The van der Waals surface area contributed by atoms with E-state index in [4.69, 9.17) is 4.74 Å². The molecule has 2 heteroatoms. The molecule has 1 atom stereocenters. The Morgan fingerprint density at radius 3 is 2.94 bits per heavy atom. The van der Waals surface area contributed by atoms with Crippen molar-refractivity contribution in [3.05, 3.63) is 36.0 Å². The number of hydrogen-bond donors (Lipinski definition) is 1. The van der Waals surface area contributed by atoms with Crippen LogP contribution in [0.15, 0.2) is 30.5 Å². The van der Waals surface area contributed by atoms with Crippen LogP contribution >= 0.6 is 0 Å². The van der Waals surface area contributed by atoms with Crippen molar-refractivity contribution in [1.29, 1.82) is 0 Å². The molecule has 1 aliphatic carbocycles. The third-order valence-corrected chi connectivity index (χ3v) is 4.72. The maximum atomic E-state index is 5.93. The first-order valence-electron chi connectivity index (χ1n) is 7.04. The van der Waals surface area contributed by atoms with Crippen LogP contribution in [0.4, 0.5) is 0 Å². The molecule has 0 bridgehead atoms. The highest BCUT2D eigenvalue weighted by atomic mass is 16.5. The van der Waals surface area contributed by atoms with E-state index in [1.165, 1.54) is 48.6 Å². The van der Waals surface area contributed by atoms with Gasteiger partial charge in [-0.05, 0) is 43.7 Å². The van der Waals surface area contributed by atoms with Gasteiger partial charge in [0.15, 0.2) is 0 Å². The van der Waals surface area contributed by atoms with Crippen LogP contribution in [0.25, 0.3) is 10.9 Å². The van der Waals surface area contributed by atoms with Gasteiger partial charge in [0.2, 0.25) is 0 Å². The first-order valence-corrected chi connectivity index (χ1v) is 7.04. The number of para-hydroxylation sites is 1. The lowest BCUT2D eigenvalue weighted by Crippen LogP contribution is -2.23. The van der Waals surface area contributed by atoms with Gasteiger partial charge in [0.1, 0.15) is 0 Å². The van der Waals surface area contributed by atoms with Gasteiger partial charge in [-0.25, -0.2) is 0 Å². The van der Waals surface area contributed by atoms with Gasteiger partial charge >= 0.3 is 0 Å². The Morgan fingerprint density at radius 1 is 1.28 bits per heavy atom. The Morgan fingerprint density at radius 2 is 2.17 bits per heavy atom. The topological polar surface area (TPSA) is 25.0 Å². The molecule has 0 spiro atoms. The van der Waals surface area contributed by atoms with E-state index in [0.29, 0.717) is 11.5 Å². The number of H-pyrrole nitrogens is 1. The Labute approximate surface area is 107 Å². The van der Waals surface area contributed by atoms with E-state index in [-0.39, 0.29) is 0 Å². The number of fused-ring (bicyclic) bond motifs is 1. The SMILES string of the molecule is c1ccc2c(CC3(C4CCCO4)CC3)c[nH]c2c1. The van der Waals surface area contributed by atoms with E-state index in [1.54, 1.807) is 0 Å². The van der Waals surface area contributed by atoms with Crippen molar-refractivity contribution in [2.45, 2.75) is 38.2 Å². The molecule has 0 amide bonds. The summed E-state index contributed by atoms with van der Waals surface area (Å²) in [5.41, 5.74) is 3.19. The second-order valence-corrected chi connectivity index (χ2v) is 5.90. The molecule has 18 heavy (non-hydrogen) atoms. The minimum Gasteiger partial charge on any atom is -0.378 e. The second kappa shape index (κ2) is 3.86. The highest BCUT2D eigenvalue weighted by molar-refractivity contribution is 5.83. The number of benzene rings is 1. The van der Waals surface area contributed by atoms with Crippen molar-refractivity contribution in [2.24, 2.45) is 5.41 Å². The highest BCUT2D eigenvalue weighted by Gasteiger charge is 2.50. The van der Waals surface area contributed by atoms with E-state index in [0.717, 1.165) is 6.61 Å². The molecule has 0 radical (unpaired) electrons. The zero-order valence-electron chi connectivity index (χ0n) is 10.6. The average Bonchev–Trinajstić information content (AvgIpc) is 2.85. The molecule has 4 rings (SSSR count). The Balaban J connectivity index is 1.64. The number of rotatable bonds is 3. The predicted molar refractivity (Wildman–Crippen MR) is 72.6 cm³/mol. The minimum atomic E-state index is 0.460. The average molecular weight is 241 g/mol. The number of nitrogens with one attached hydrogen (secondary N) is 1. The van der Waals surface area contributed by atoms with E-state index in [9.17, 15) is 0 Å². The standard InChI is InChI=1S/C16H19NO/c1-2-5-14-13(4-1)12(11-17-14)10-16(7-8-16)15-6-3-9-18-15/h1-2,4-5,11,15,17H,3,6-10H2. The van der Waals surface area contributed by atoms with Gasteiger partial charge in [-0.1, -0.05) is 18.2 Å². The Kier molecular flexibility index (Phi) is 2.28. The van der Waals surface area contributed by atoms with Crippen LogP contribution < -0.4 is 0 Å². The first-order chi connectivity index (χ1) is 8.87. The van der Waals surface area contributed by atoms with Crippen molar-refractivity contribution in [2.75, 3.05) is 6.61 Å². The molecular weight excluding hydrogens is 222 g/mol. The molecule has 1 saturated heterocycles. The maximum Gasteiger partial charge on any atom is 0.0635 e. The monoisotopic (exact) mass is 241 g/mol. The number of hydrogen-bond acceptors (Lipinski definition) is 1. The normalized spacial score (nSPS) is 25.7. The van der Waals surface area contributed by atoms with Gasteiger partial charge in [0.05, 0.1) is 6.10 Å². The van der Waals surface area contributed by atoms with Crippen LogP contribution in [-0.2, 0) is 11.2 Å². The molecule has 2 fully saturated rings. The fraction of sp³-hybridized carbons (Fsp3) is 0.500. The van der Waals surface area contributed by atoms with E-state index in [2.05, 4.69) is 35.4 Å². The molecule has 94 valence electrons. The van der Waals surface area contributed by atoms with Crippen LogP contribution in [0.3, 0.4) is 0 Å². The van der Waals surface area contributed by atoms with Crippen molar-refractivity contribution in [3.63, 3.8) is 0 Å². The summed E-state index contributed by atoms with van der Waals surface area (Å²) in [5, 5.41) is 1.39. The van der Waals surface area contributed by atoms with E-state index in [1.807, 2.05) is 0 Å².